The molecule has 0 radical (unpaired) electrons. The van der Waals surface area contributed by atoms with Crippen LogP contribution in [0.4, 0.5) is 0 Å². The molecule has 148 valence electrons. The van der Waals surface area contributed by atoms with Gasteiger partial charge in [-0.3, -0.25) is 4.79 Å². The fraction of sp³-hybridized carbons (Fsp3) is 0.800. The van der Waals surface area contributed by atoms with Crippen LogP contribution >= 0.6 is 0 Å². The smallest absolute Gasteiger partial charge is 0.333 e. The molecule has 2 aliphatic carbocycles. The van der Waals surface area contributed by atoms with E-state index in [1.54, 1.807) is 33.8 Å². The van der Waals surface area contributed by atoms with Crippen molar-refractivity contribution in [2.45, 2.75) is 82.3 Å². The lowest BCUT2D eigenvalue weighted by Crippen LogP contribution is -2.53. The summed E-state index contributed by atoms with van der Waals surface area (Å²) in [6.07, 6.45) is 0.462. The molecule has 0 aromatic carbocycles. The number of esters is 2. The Balaban J connectivity index is 1.57. The predicted octanol–water partition coefficient (Wildman–Crippen LogP) is 1.12. The summed E-state index contributed by atoms with van der Waals surface area (Å²) in [5, 5.41) is 11.4. The Kier molecular flexibility index (Phi) is 3.22. The number of aliphatic hydroxyl groups is 1. The maximum atomic E-state index is 12.5. The van der Waals surface area contributed by atoms with E-state index in [1.165, 1.54) is 0 Å². The van der Waals surface area contributed by atoms with Crippen LogP contribution in [0.5, 0.6) is 0 Å². The highest BCUT2D eigenvalue weighted by Gasteiger charge is 2.93. The number of carbonyl (C=O) groups excluding carboxylic acids is 2. The number of fused-ring (bicyclic) bond motifs is 5. The second-order valence-corrected chi connectivity index (χ2v) is 9.19. The summed E-state index contributed by atoms with van der Waals surface area (Å²) in [4.78, 5) is 24.9. The highest BCUT2D eigenvalue weighted by Crippen LogP contribution is 2.75. The Bertz CT molecular complexity index is 772. The minimum atomic E-state index is -1.21. The molecule has 3 aliphatic heterocycles. The van der Waals surface area contributed by atoms with Crippen LogP contribution in [0.3, 0.4) is 0 Å². The van der Waals surface area contributed by atoms with Gasteiger partial charge in [-0.1, -0.05) is 13.0 Å². The molecular weight excluding hydrogens is 352 g/mol. The van der Waals surface area contributed by atoms with Crippen molar-refractivity contribution < 1.29 is 33.6 Å². The van der Waals surface area contributed by atoms with Gasteiger partial charge in [0, 0.05) is 17.9 Å². The topological polar surface area (TPSA) is 97.9 Å². The average molecular weight is 378 g/mol. The fourth-order valence-corrected chi connectivity index (χ4v) is 6.07. The molecule has 5 fully saturated rings. The first kappa shape index (κ1) is 17.6. The summed E-state index contributed by atoms with van der Waals surface area (Å²) in [7, 11) is 0. The Morgan fingerprint density at radius 2 is 2.00 bits per heavy atom. The van der Waals surface area contributed by atoms with Gasteiger partial charge < -0.3 is 24.1 Å². The molecule has 5 aliphatic rings. The van der Waals surface area contributed by atoms with Gasteiger partial charge in [0.1, 0.15) is 35.6 Å². The number of epoxide rings is 2. The van der Waals surface area contributed by atoms with E-state index in [4.69, 9.17) is 18.9 Å². The zero-order valence-corrected chi connectivity index (χ0v) is 16.2. The standard InChI is InChI=1S/C20H26O7/c1-6-8(2)16(21)24-10-7-18(4,23)20-13(12-11(10)9(3)17(22)25-12)19(5)14(26-19)15(20)27-20/h6,9-15,23H,7H2,1-5H3/b8-6-/t9-,10-,11-,12?,13+,14+,15?,18?,19-,20+/m1/s1. The average Bonchev–Trinajstić information content (AvgIpc) is 3.45. The van der Waals surface area contributed by atoms with Crippen LogP contribution < -0.4 is 0 Å². The number of allylic oxidation sites excluding steroid dienone is 1. The molecule has 3 saturated heterocycles. The van der Waals surface area contributed by atoms with E-state index in [1.807, 2.05) is 6.92 Å². The van der Waals surface area contributed by atoms with Gasteiger partial charge in [-0.2, -0.15) is 0 Å². The van der Waals surface area contributed by atoms with Gasteiger partial charge in [0.05, 0.1) is 17.4 Å². The fourth-order valence-electron chi connectivity index (χ4n) is 6.07. The van der Waals surface area contributed by atoms with Crippen molar-refractivity contribution in [3.8, 4) is 0 Å². The maximum absolute atomic E-state index is 12.5. The Morgan fingerprint density at radius 1 is 1.30 bits per heavy atom. The summed E-state index contributed by atoms with van der Waals surface area (Å²) in [5.74, 6) is -1.78. The molecular formula is C20H26O7. The molecule has 5 rings (SSSR count). The van der Waals surface area contributed by atoms with E-state index in [-0.39, 0.29) is 36.4 Å². The first-order valence-corrected chi connectivity index (χ1v) is 9.71. The van der Waals surface area contributed by atoms with Crippen molar-refractivity contribution in [3.05, 3.63) is 11.6 Å². The van der Waals surface area contributed by atoms with Crippen LogP contribution in [-0.2, 0) is 28.5 Å². The van der Waals surface area contributed by atoms with Gasteiger partial charge in [0.15, 0.2) is 0 Å². The first-order valence-electron chi connectivity index (χ1n) is 9.71. The Morgan fingerprint density at radius 3 is 2.67 bits per heavy atom. The van der Waals surface area contributed by atoms with Gasteiger partial charge in [-0.15, -0.1) is 0 Å². The van der Waals surface area contributed by atoms with Crippen LogP contribution in [0.1, 0.15) is 41.0 Å². The lowest BCUT2D eigenvalue weighted by Gasteiger charge is -2.36. The van der Waals surface area contributed by atoms with Gasteiger partial charge in [0.25, 0.3) is 0 Å². The van der Waals surface area contributed by atoms with Gasteiger partial charge in [0.2, 0.25) is 0 Å². The molecule has 7 heteroatoms. The van der Waals surface area contributed by atoms with Crippen LogP contribution in [0.25, 0.3) is 0 Å². The van der Waals surface area contributed by atoms with Crippen molar-refractivity contribution in [2.75, 3.05) is 0 Å². The summed E-state index contributed by atoms with van der Waals surface area (Å²) < 4.78 is 23.6. The number of carbonyl (C=O) groups is 2. The largest absolute Gasteiger partial charge is 0.461 e. The minimum absolute atomic E-state index is 0.0754. The third-order valence-corrected chi connectivity index (χ3v) is 7.72. The molecule has 0 bridgehead atoms. The number of ether oxygens (including phenoxy) is 4. The van der Waals surface area contributed by atoms with E-state index < -0.39 is 40.9 Å². The van der Waals surface area contributed by atoms with Crippen molar-refractivity contribution in [2.24, 2.45) is 17.8 Å². The normalized spacial score (nSPS) is 57.6. The maximum Gasteiger partial charge on any atom is 0.333 e. The zero-order valence-electron chi connectivity index (χ0n) is 16.2. The monoisotopic (exact) mass is 378 g/mol. The molecule has 2 saturated carbocycles. The Labute approximate surface area is 158 Å². The first-order chi connectivity index (χ1) is 12.6. The molecule has 0 aromatic heterocycles. The van der Waals surface area contributed by atoms with Gasteiger partial charge in [-0.25, -0.2) is 4.79 Å². The second-order valence-electron chi connectivity index (χ2n) is 9.19. The number of hydrogen-bond acceptors (Lipinski definition) is 7. The molecule has 27 heavy (non-hydrogen) atoms. The van der Waals surface area contributed by atoms with Gasteiger partial charge >= 0.3 is 11.9 Å². The summed E-state index contributed by atoms with van der Waals surface area (Å²) in [5.41, 5.74) is -2.01. The zero-order chi connectivity index (χ0) is 19.5. The van der Waals surface area contributed by atoms with E-state index in [0.29, 0.717) is 5.57 Å². The van der Waals surface area contributed by atoms with Crippen LogP contribution in [0.2, 0.25) is 0 Å². The van der Waals surface area contributed by atoms with E-state index in [9.17, 15) is 14.7 Å². The van der Waals surface area contributed by atoms with Crippen molar-refractivity contribution in [1.82, 2.24) is 0 Å². The highest BCUT2D eigenvalue weighted by molar-refractivity contribution is 5.87. The minimum Gasteiger partial charge on any atom is -0.461 e. The third kappa shape index (κ3) is 1.93. The molecule has 0 amide bonds. The SMILES string of the molecule is C/C=C(/C)C(=O)O[C@@H]1CC(C)(O)[C@@]23OC2[C@@H]2O[C@]2(C)[C@@H]3C2OC(=O)[C@H](C)[C@@H]21. The lowest BCUT2D eigenvalue weighted by atomic mass is 9.73. The Hall–Kier alpha value is -1.44. The van der Waals surface area contributed by atoms with E-state index >= 15 is 0 Å². The molecule has 0 aromatic rings. The quantitative estimate of drug-likeness (QED) is 0.437. The van der Waals surface area contributed by atoms with Crippen molar-refractivity contribution in [1.29, 1.82) is 0 Å². The van der Waals surface area contributed by atoms with Crippen LogP contribution in [-0.4, -0.2) is 58.3 Å². The summed E-state index contributed by atoms with van der Waals surface area (Å²) in [6.45, 7) is 9.00. The molecule has 1 spiro atoms. The second kappa shape index (κ2) is 4.93. The molecule has 10 atom stereocenters. The lowest BCUT2D eigenvalue weighted by molar-refractivity contribution is -0.154. The van der Waals surface area contributed by atoms with Crippen molar-refractivity contribution in [3.63, 3.8) is 0 Å². The van der Waals surface area contributed by atoms with Crippen molar-refractivity contribution >= 4 is 11.9 Å². The summed E-state index contributed by atoms with van der Waals surface area (Å²) in [6, 6.07) is 0. The molecule has 7 nitrogen and oxygen atoms in total. The van der Waals surface area contributed by atoms with Crippen LogP contribution in [0.15, 0.2) is 11.6 Å². The molecule has 3 heterocycles. The van der Waals surface area contributed by atoms with Gasteiger partial charge in [-0.05, 0) is 27.7 Å². The summed E-state index contributed by atoms with van der Waals surface area (Å²) >= 11 is 0. The predicted molar refractivity (Wildman–Crippen MR) is 91.5 cm³/mol. The highest BCUT2D eigenvalue weighted by atomic mass is 16.7. The van der Waals surface area contributed by atoms with E-state index in [0.717, 1.165) is 0 Å². The molecule has 1 N–H and O–H groups in total. The molecule has 3 unspecified atom stereocenters. The number of rotatable bonds is 2. The van der Waals surface area contributed by atoms with Crippen LogP contribution in [0, 0.1) is 17.8 Å². The van der Waals surface area contributed by atoms with E-state index in [2.05, 4.69) is 0 Å². The number of hydrogen-bond donors (Lipinski definition) is 1. The third-order valence-electron chi connectivity index (χ3n) is 7.72.